The summed E-state index contributed by atoms with van der Waals surface area (Å²) in [6.07, 6.45) is 4.01. The lowest BCUT2D eigenvalue weighted by Gasteiger charge is -2.47. The van der Waals surface area contributed by atoms with Gasteiger partial charge in [-0.2, -0.15) is 0 Å². The van der Waals surface area contributed by atoms with Gasteiger partial charge in [-0.05, 0) is 43.6 Å². The number of nitrogens with one attached hydrogen (secondary N) is 1. The zero-order valence-electron chi connectivity index (χ0n) is 13.8. The standard InChI is InChI=1S/C19H30N2/c1-15(2)13-21-14-19(3,17-9-10-17)20-12-18(21)11-16-7-5-4-6-8-16/h4-8,15,17-18,20H,9-14H2,1-3H3. The van der Waals surface area contributed by atoms with E-state index in [0.717, 1.165) is 18.4 Å². The first kappa shape index (κ1) is 15.1. The molecule has 2 atom stereocenters. The molecule has 1 saturated carbocycles. The van der Waals surface area contributed by atoms with Gasteiger partial charge in [0.2, 0.25) is 0 Å². The van der Waals surface area contributed by atoms with E-state index in [9.17, 15) is 0 Å². The van der Waals surface area contributed by atoms with Crippen LogP contribution in [-0.4, -0.2) is 36.1 Å². The molecule has 0 bridgehead atoms. The number of piperazine rings is 1. The van der Waals surface area contributed by atoms with E-state index in [-0.39, 0.29) is 0 Å². The van der Waals surface area contributed by atoms with Gasteiger partial charge >= 0.3 is 0 Å². The summed E-state index contributed by atoms with van der Waals surface area (Å²) in [6, 6.07) is 11.6. The molecule has 1 aromatic carbocycles. The molecular formula is C19H30N2. The highest BCUT2D eigenvalue weighted by Crippen LogP contribution is 2.41. The smallest absolute Gasteiger partial charge is 0.0309 e. The third-order valence-electron chi connectivity index (χ3n) is 5.18. The van der Waals surface area contributed by atoms with Crippen LogP contribution in [0.3, 0.4) is 0 Å². The molecule has 2 aliphatic rings. The minimum atomic E-state index is 0.349. The van der Waals surface area contributed by atoms with Crippen molar-refractivity contribution in [2.24, 2.45) is 11.8 Å². The fourth-order valence-electron chi connectivity index (χ4n) is 3.85. The lowest BCUT2D eigenvalue weighted by atomic mass is 9.89. The maximum atomic E-state index is 3.89. The second kappa shape index (κ2) is 6.10. The van der Waals surface area contributed by atoms with Crippen LogP contribution in [0.2, 0.25) is 0 Å². The quantitative estimate of drug-likeness (QED) is 0.893. The van der Waals surface area contributed by atoms with Crippen molar-refractivity contribution >= 4 is 0 Å². The largest absolute Gasteiger partial charge is 0.308 e. The van der Waals surface area contributed by atoms with Crippen LogP contribution in [-0.2, 0) is 6.42 Å². The first-order valence-electron chi connectivity index (χ1n) is 8.60. The summed E-state index contributed by atoms with van der Waals surface area (Å²) < 4.78 is 0. The Balaban J connectivity index is 1.69. The van der Waals surface area contributed by atoms with E-state index in [1.807, 2.05) is 0 Å². The number of rotatable bonds is 5. The molecule has 21 heavy (non-hydrogen) atoms. The van der Waals surface area contributed by atoms with Crippen molar-refractivity contribution in [1.29, 1.82) is 0 Å². The maximum Gasteiger partial charge on any atom is 0.0309 e. The van der Waals surface area contributed by atoms with Gasteiger partial charge in [0.1, 0.15) is 0 Å². The SMILES string of the molecule is CC(C)CN1CC(C)(C2CC2)NCC1Cc1ccccc1. The van der Waals surface area contributed by atoms with Crippen LogP contribution >= 0.6 is 0 Å². The summed E-state index contributed by atoms with van der Waals surface area (Å²) in [5.74, 6) is 1.65. The van der Waals surface area contributed by atoms with Gasteiger partial charge in [0.05, 0.1) is 0 Å². The number of hydrogen-bond acceptors (Lipinski definition) is 2. The molecule has 0 amide bonds. The van der Waals surface area contributed by atoms with E-state index in [1.165, 1.54) is 37.9 Å². The van der Waals surface area contributed by atoms with Gasteiger partial charge in [-0.15, -0.1) is 0 Å². The van der Waals surface area contributed by atoms with Crippen molar-refractivity contribution in [2.45, 2.75) is 51.6 Å². The normalized spacial score (nSPS) is 30.8. The molecule has 1 aliphatic heterocycles. The van der Waals surface area contributed by atoms with Crippen LogP contribution in [0.1, 0.15) is 39.2 Å². The second-order valence-electron chi connectivity index (χ2n) is 7.74. The molecule has 1 aromatic rings. The Morgan fingerprint density at radius 1 is 1.24 bits per heavy atom. The Labute approximate surface area is 129 Å². The summed E-state index contributed by atoms with van der Waals surface area (Å²) >= 11 is 0. The topological polar surface area (TPSA) is 15.3 Å². The molecule has 1 aliphatic carbocycles. The Morgan fingerprint density at radius 2 is 1.95 bits per heavy atom. The third-order valence-corrected chi connectivity index (χ3v) is 5.18. The van der Waals surface area contributed by atoms with Crippen LogP contribution in [0.4, 0.5) is 0 Å². The average Bonchev–Trinajstić information content (AvgIpc) is 3.27. The van der Waals surface area contributed by atoms with Crippen LogP contribution < -0.4 is 5.32 Å². The molecule has 1 N–H and O–H groups in total. The molecule has 2 fully saturated rings. The molecule has 3 rings (SSSR count). The summed E-state index contributed by atoms with van der Waals surface area (Å²) in [7, 11) is 0. The predicted octanol–water partition coefficient (Wildman–Crippen LogP) is 3.33. The van der Waals surface area contributed by atoms with Gasteiger partial charge in [-0.25, -0.2) is 0 Å². The van der Waals surface area contributed by atoms with Crippen LogP contribution in [0.25, 0.3) is 0 Å². The van der Waals surface area contributed by atoms with E-state index in [0.29, 0.717) is 11.6 Å². The minimum absolute atomic E-state index is 0.349. The van der Waals surface area contributed by atoms with Crippen molar-refractivity contribution in [1.82, 2.24) is 10.2 Å². The van der Waals surface area contributed by atoms with E-state index in [1.54, 1.807) is 0 Å². The molecule has 0 radical (unpaired) electrons. The highest BCUT2D eigenvalue weighted by Gasteiger charge is 2.45. The number of nitrogens with zero attached hydrogens (tertiary/aromatic N) is 1. The molecule has 1 heterocycles. The lowest BCUT2D eigenvalue weighted by molar-refractivity contribution is 0.0652. The van der Waals surface area contributed by atoms with Crippen molar-refractivity contribution in [3.8, 4) is 0 Å². The summed E-state index contributed by atoms with van der Waals surface area (Å²) in [6.45, 7) is 10.7. The Bertz CT molecular complexity index is 452. The van der Waals surface area contributed by atoms with Crippen LogP contribution in [0.15, 0.2) is 30.3 Å². The lowest BCUT2D eigenvalue weighted by Crippen LogP contribution is -2.64. The third kappa shape index (κ3) is 3.67. The van der Waals surface area contributed by atoms with Gasteiger partial charge in [0, 0.05) is 31.2 Å². The molecule has 2 heteroatoms. The predicted molar refractivity (Wildman–Crippen MR) is 89.5 cm³/mol. The fraction of sp³-hybridized carbons (Fsp3) is 0.684. The first-order valence-corrected chi connectivity index (χ1v) is 8.60. The van der Waals surface area contributed by atoms with Crippen molar-refractivity contribution in [3.05, 3.63) is 35.9 Å². The van der Waals surface area contributed by atoms with Gasteiger partial charge in [0.15, 0.2) is 0 Å². The van der Waals surface area contributed by atoms with Crippen LogP contribution in [0.5, 0.6) is 0 Å². The average molecular weight is 286 g/mol. The highest BCUT2D eigenvalue weighted by molar-refractivity contribution is 5.17. The minimum Gasteiger partial charge on any atom is -0.308 e. The summed E-state index contributed by atoms with van der Waals surface area (Å²) in [4.78, 5) is 2.76. The van der Waals surface area contributed by atoms with Crippen LogP contribution in [0, 0.1) is 11.8 Å². The van der Waals surface area contributed by atoms with Gasteiger partial charge < -0.3 is 5.32 Å². The Hall–Kier alpha value is -0.860. The Kier molecular flexibility index (Phi) is 4.37. The molecule has 116 valence electrons. The molecule has 2 nitrogen and oxygen atoms in total. The fourth-order valence-corrected chi connectivity index (χ4v) is 3.85. The molecule has 0 spiro atoms. The summed E-state index contributed by atoms with van der Waals surface area (Å²) in [5.41, 5.74) is 1.82. The van der Waals surface area contributed by atoms with Crippen molar-refractivity contribution in [3.63, 3.8) is 0 Å². The van der Waals surface area contributed by atoms with E-state index >= 15 is 0 Å². The highest BCUT2D eigenvalue weighted by atomic mass is 15.3. The molecular weight excluding hydrogens is 256 g/mol. The maximum absolute atomic E-state index is 3.89. The molecule has 0 aromatic heterocycles. The van der Waals surface area contributed by atoms with Crippen molar-refractivity contribution < 1.29 is 0 Å². The summed E-state index contributed by atoms with van der Waals surface area (Å²) in [5, 5.41) is 3.89. The van der Waals surface area contributed by atoms with E-state index < -0.39 is 0 Å². The zero-order valence-corrected chi connectivity index (χ0v) is 13.8. The van der Waals surface area contributed by atoms with E-state index in [2.05, 4.69) is 61.3 Å². The monoisotopic (exact) mass is 286 g/mol. The van der Waals surface area contributed by atoms with Gasteiger partial charge in [-0.3, -0.25) is 4.90 Å². The Morgan fingerprint density at radius 3 is 2.57 bits per heavy atom. The second-order valence-corrected chi connectivity index (χ2v) is 7.74. The molecule has 2 unspecified atom stereocenters. The zero-order chi connectivity index (χ0) is 14.9. The van der Waals surface area contributed by atoms with Crippen molar-refractivity contribution in [2.75, 3.05) is 19.6 Å². The van der Waals surface area contributed by atoms with E-state index in [4.69, 9.17) is 0 Å². The molecule has 1 saturated heterocycles. The van der Waals surface area contributed by atoms with Gasteiger partial charge in [-0.1, -0.05) is 44.2 Å². The first-order chi connectivity index (χ1) is 10.1. The number of hydrogen-bond donors (Lipinski definition) is 1. The number of benzene rings is 1. The van der Waals surface area contributed by atoms with Gasteiger partial charge in [0.25, 0.3) is 0 Å².